The Bertz CT molecular complexity index is 785. The molecule has 1 heterocycles. The maximum absolute atomic E-state index is 12.6. The van der Waals surface area contributed by atoms with Crippen molar-refractivity contribution in [1.82, 2.24) is 9.88 Å². The number of amides is 1. The highest BCUT2D eigenvalue weighted by atomic mass is 32.1. The van der Waals surface area contributed by atoms with Crippen LogP contribution in [0, 0.1) is 13.8 Å². The summed E-state index contributed by atoms with van der Waals surface area (Å²) in [5.74, 6) is 0.0334. The van der Waals surface area contributed by atoms with Crippen molar-refractivity contribution in [2.45, 2.75) is 20.4 Å². The smallest absolute Gasteiger partial charge is 0.253 e. The van der Waals surface area contributed by atoms with E-state index < -0.39 is 0 Å². The maximum Gasteiger partial charge on any atom is 0.253 e. The zero-order valence-corrected chi connectivity index (χ0v) is 13.8. The highest BCUT2D eigenvalue weighted by Crippen LogP contribution is 2.23. The van der Waals surface area contributed by atoms with Crippen LogP contribution in [-0.4, -0.2) is 22.8 Å². The number of nitrogens with zero attached hydrogens (tertiary/aromatic N) is 2. The monoisotopic (exact) mass is 310 g/mol. The molecule has 0 atom stereocenters. The number of benzene rings is 2. The molecule has 1 amide bonds. The van der Waals surface area contributed by atoms with Gasteiger partial charge in [-0.2, -0.15) is 0 Å². The molecule has 0 aliphatic heterocycles. The van der Waals surface area contributed by atoms with E-state index in [9.17, 15) is 4.79 Å². The van der Waals surface area contributed by atoms with E-state index >= 15 is 0 Å². The van der Waals surface area contributed by atoms with Gasteiger partial charge >= 0.3 is 0 Å². The summed E-state index contributed by atoms with van der Waals surface area (Å²) in [6.45, 7) is 4.56. The van der Waals surface area contributed by atoms with Gasteiger partial charge in [0.1, 0.15) is 5.01 Å². The third-order valence-electron chi connectivity index (χ3n) is 3.53. The Morgan fingerprint density at radius 3 is 2.50 bits per heavy atom. The van der Waals surface area contributed by atoms with E-state index in [1.165, 1.54) is 0 Å². The Labute approximate surface area is 134 Å². The van der Waals surface area contributed by atoms with Crippen LogP contribution >= 0.6 is 11.3 Å². The fraction of sp³-hybridized carbons (Fsp3) is 0.222. The summed E-state index contributed by atoms with van der Waals surface area (Å²) in [7, 11) is 1.83. The van der Waals surface area contributed by atoms with Gasteiger partial charge in [-0.3, -0.25) is 4.79 Å². The zero-order chi connectivity index (χ0) is 15.7. The molecular weight excluding hydrogens is 292 g/mol. The second-order valence-electron chi connectivity index (χ2n) is 5.61. The lowest BCUT2D eigenvalue weighted by Gasteiger charge is -2.16. The van der Waals surface area contributed by atoms with E-state index in [1.54, 1.807) is 16.2 Å². The predicted molar refractivity (Wildman–Crippen MR) is 91.3 cm³/mol. The molecule has 0 fully saturated rings. The summed E-state index contributed by atoms with van der Waals surface area (Å²) < 4.78 is 1.16. The summed E-state index contributed by atoms with van der Waals surface area (Å²) in [6.07, 6.45) is 0. The number of hydrogen-bond acceptors (Lipinski definition) is 3. The summed E-state index contributed by atoms with van der Waals surface area (Å²) in [6, 6.07) is 14.0. The van der Waals surface area contributed by atoms with Crippen molar-refractivity contribution in [3.05, 3.63) is 64.2 Å². The van der Waals surface area contributed by atoms with Crippen LogP contribution in [0.4, 0.5) is 0 Å². The van der Waals surface area contributed by atoms with Gasteiger partial charge in [-0.15, -0.1) is 11.3 Å². The number of hydrogen-bond donors (Lipinski definition) is 0. The van der Waals surface area contributed by atoms with E-state index in [4.69, 9.17) is 0 Å². The minimum atomic E-state index is 0.0334. The van der Waals surface area contributed by atoms with Crippen LogP contribution in [0.3, 0.4) is 0 Å². The van der Waals surface area contributed by atoms with Crippen LogP contribution in [0.5, 0.6) is 0 Å². The number of aryl methyl sites for hydroxylation is 2. The molecule has 3 rings (SSSR count). The van der Waals surface area contributed by atoms with Crippen LogP contribution in [-0.2, 0) is 6.54 Å². The Morgan fingerprint density at radius 1 is 1.14 bits per heavy atom. The summed E-state index contributed by atoms with van der Waals surface area (Å²) in [4.78, 5) is 18.9. The maximum atomic E-state index is 12.6. The summed E-state index contributed by atoms with van der Waals surface area (Å²) in [5, 5.41) is 0.960. The molecule has 1 aromatic heterocycles. The fourth-order valence-electron chi connectivity index (χ4n) is 2.58. The molecule has 4 heteroatoms. The lowest BCUT2D eigenvalue weighted by atomic mass is 10.1. The zero-order valence-electron chi connectivity index (χ0n) is 13.0. The first-order chi connectivity index (χ1) is 10.5. The minimum Gasteiger partial charge on any atom is -0.335 e. The highest BCUT2D eigenvalue weighted by Gasteiger charge is 2.14. The molecule has 0 radical (unpaired) electrons. The van der Waals surface area contributed by atoms with Crippen LogP contribution in [0.25, 0.3) is 10.2 Å². The molecule has 0 bridgehead atoms. The third-order valence-corrected chi connectivity index (χ3v) is 4.55. The van der Waals surface area contributed by atoms with E-state index in [0.717, 1.165) is 31.9 Å². The molecule has 0 unspecified atom stereocenters. The van der Waals surface area contributed by atoms with Gasteiger partial charge < -0.3 is 4.90 Å². The molecule has 2 aromatic carbocycles. The topological polar surface area (TPSA) is 33.2 Å². The predicted octanol–water partition coefficient (Wildman–Crippen LogP) is 4.19. The molecule has 0 saturated carbocycles. The number of thiazole rings is 1. The Balaban J connectivity index is 1.81. The van der Waals surface area contributed by atoms with Crippen molar-refractivity contribution in [3.63, 3.8) is 0 Å². The average Bonchev–Trinajstić information content (AvgIpc) is 2.87. The van der Waals surface area contributed by atoms with Crippen molar-refractivity contribution >= 4 is 27.5 Å². The normalized spacial score (nSPS) is 10.9. The van der Waals surface area contributed by atoms with E-state index in [1.807, 2.05) is 51.2 Å². The summed E-state index contributed by atoms with van der Waals surface area (Å²) >= 11 is 1.64. The minimum absolute atomic E-state index is 0.0334. The van der Waals surface area contributed by atoms with Crippen molar-refractivity contribution in [2.24, 2.45) is 0 Å². The molecule has 0 aliphatic carbocycles. The number of rotatable bonds is 3. The van der Waals surface area contributed by atoms with Gasteiger partial charge in [0.2, 0.25) is 0 Å². The van der Waals surface area contributed by atoms with Gasteiger partial charge in [-0.05, 0) is 38.1 Å². The first-order valence-electron chi connectivity index (χ1n) is 7.21. The lowest BCUT2D eigenvalue weighted by molar-refractivity contribution is 0.0785. The number of carbonyl (C=O) groups excluding carboxylic acids is 1. The van der Waals surface area contributed by atoms with Crippen LogP contribution in [0.15, 0.2) is 42.5 Å². The number of fused-ring (bicyclic) bond motifs is 1. The largest absolute Gasteiger partial charge is 0.335 e. The van der Waals surface area contributed by atoms with Gasteiger partial charge in [0, 0.05) is 12.6 Å². The Morgan fingerprint density at radius 2 is 1.82 bits per heavy atom. The molecular formula is C18H18N2OS. The Kier molecular flexibility index (Phi) is 3.94. The molecule has 112 valence electrons. The van der Waals surface area contributed by atoms with Gasteiger partial charge in [0.05, 0.1) is 16.8 Å². The van der Waals surface area contributed by atoms with E-state index in [0.29, 0.717) is 6.54 Å². The first kappa shape index (κ1) is 14.7. The standard InChI is InChI=1S/C18H18N2OS/c1-12-8-13(2)10-14(9-12)18(21)20(3)11-17-19-15-6-4-5-7-16(15)22-17/h4-10H,11H2,1-3H3. The lowest BCUT2D eigenvalue weighted by Crippen LogP contribution is -2.26. The fourth-order valence-corrected chi connectivity index (χ4v) is 3.60. The molecule has 22 heavy (non-hydrogen) atoms. The van der Waals surface area contributed by atoms with Crippen LogP contribution in [0.2, 0.25) is 0 Å². The van der Waals surface area contributed by atoms with Crippen molar-refractivity contribution in [1.29, 1.82) is 0 Å². The van der Waals surface area contributed by atoms with Gasteiger partial charge in [0.15, 0.2) is 0 Å². The average molecular weight is 310 g/mol. The van der Waals surface area contributed by atoms with Crippen LogP contribution < -0.4 is 0 Å². The molecule has 3 nitrogen and oxygen atoms in total. The third kappa shape index (κ3) is 3.02. The van der Waals surface area contributed by atoms with Crippen molar-refractivity contribution < 1.29 is 4.79 Å². The second-order valence-corrected chi connectivity index (χ2v) is 6.73. The number of carbonyl (C=O) groups is 1. The summed E-state index contributed by atoms with van der Waals surface area (Å²) in [5.41, 5.74) is 3.95. The van der Waals surface area contributed by atoms with Gasteiger partial charge in [-0.1, -0.05) is 29.3 Å². The Hall–Kier alpha value is -2.20. The quantitative estimate of drug-likeness (QED) is 0.727. The molecule has 0 spiro atoms. The van der Waals surface area contributed by atoms with Crippen molar-refractivity contribution in [2.75, 3.05) is 7.05 Å². The van der Waals surface area contributed by atoms with Gasteiger partial charge in [0.25, 0.3) is 5.91 Å². The van der Waals surface area contributed by atoms with E-state index in [-0.39, 0.29) is 5.91 Å². The van der Waals surface area contributed by atoms with Crippen LogP contribution in [0.1, 0.15) is 26.5 Å². The van der Waals surface area contributed by atoms with Gasteiger partial charge in [-0.25, -0.2) is 4.98 Å². The number of aromatic nitrogens is 1. The number of para-hydroxylation sites is 1. The second kappa shape index (κ2) is 5.89. The first-order valence-corrected chi connectivity index (χ1v) is 8.03. The SMILES string of the molecule is Cc1cc(C)cc(C(=O)N(C)Cc2nc3ccccc3s2)c1. The molecule has 0 aliphatic rings. The van der Waals surface area contributed by atoms with E-state index in [2.05, 4.69) is 17.1 Å². The molecule has 0 saturated heterocycles. The molecule has 3 aromatic rings. The molecule has 0 N–H and O–H groups in total. The van der Waals surface area contributed by atoms with Crippen molar-refractivity contribution in [3.8, 4) is 0 Å². The highest BCUT2D eigenvalue weighted by molar-refractivity contribution is 7.18.